The highest BCUT2D eigenvalue weighted by molar-refractivity contribution is 9.10. The minimum Gasteiger partial charge on any atom is -0.392 e. The molecule has 0 fully saturated rings. The standard InChI is InChI=1S/C8H8BrN3OS/c9-5-2-1-3-11-7(5)8(13)12-4-6(10)14/h1-3H,4H2,(H2,10,14)(H,12,13). The maximum absolute atomic E-state index is 11.5. The number of hydrogen-bond acceptors (Lipinski definition) is 3. The van der Waals surface area contributed by atoms with Gasteiger partial charge in [0, 0.05) is 10.7 Å². The molecule has 14 heavy (non-hydrogen) atoms. The third kappa shape index (κ3) is 3.04. The summed E-state index contributed by atoms with van der Waals surface area (Å²) in [5, 5.41) is 2.54. The lowest BCUT2D eigenvalue weighted by Crippen LogP contribution is -2.32. The molecule has 0 aromatic carbocycles. The first-order valence-electron chi connectivity index (χ1n) is 3.78. The largest absolute Gasteiger partial charge is 0.392 e. The third-order valence-electron chi connectivity index (χ3n) is 1.40. The molecule has 1 aromatic heterocycles. The summed E-state index contributed by atoms with van der Waals surface area (Å²) in [6.07, 6.45) is 1.54. The molecular weight excluding hydrogens is 266 g/mol. The van der Waals surface area contributed by atoms with Crippen LogP contribution in [0.5, 0.6) is 0 Å². The molecule has 4 nitrogen and oxygen atoms in total. The lowest BCUT2D eigenvalue weighted by Gasteiger charge is -2.03. The average molecular weight is 274 g/mol. The number of aromatic nitrogens is 1. The van der Waals surface area contributed by atoms with Gasteiger partial charge < -0.3 is 11.1 Å². The molecule has 74 valence electrons. The van der Waals surface area contributed by atoms with Crippen molar-refractivity contribution < 1.29 is 4.79 Å². The van der Waals surface area contributed by atoms with Gasteiger partial charge in [0.1, 0.15) is 5.69 Å². The van der Waals surface area contributed by atoms with Gasteiger partial charge in [-0.1, -0.05) is 12.2 Å². The van der Waals surface area contributed by atoms with E-state index in [2.05, 4.69) is 38.4 Å². The molecule has 0 atom stereocenters. The number of nitrogens with one attached hydrogen (secondary N) is 1. The van der Waals surface area contributed by atoms with Gasteiger partial charge in [-0.25, -0.2) is 4.98 Å². The zero-order valence-electron chi connectivity index (χ0n) is 7.16. The predicted octanol–water partition coefficient (Wildman–Crippen LogP) is 0.860. The van der Waals surface area contributed by atoms with Gasteiger partial charge >= 0.3 is 0 Å². The monoisotopic (exact) mass is 273 g/mol. The smallest absolute Gasteiger partial charge is 0.271 e. The molecule has 0 aliphatic heterocycles. The fourth-order valence-electron chi connectivity index (χ4n) is 0.804. The third-order valence-corrected chi connectivity index (χ3v) is 2.18. The Hall–Kier alpha value is -1.01. The van der Waals surface area contributed by atoms with E-state index < -0.39 is 0 Å². The molecule has 1 amide bonds. The van der Waals surface area contributed by atoms with E-state index in [1.807, 2.05) is 0 Å². The predicted molar refractivity (Wildman–Crippen MR) is 61.1 cm³/mol. The fourth-order valence-corrected chi connectivity index (χ4v) is 1.31. The first-order chi connectivity index (χ1) is 6.61. The fraction of sp³-hybridized carbons (Fsp3) is 0.125. The maximum Gasteiger partial charge on any atom is 0.271 e. The molecule has 0 saturated heterocycles. The van der Waals surface area contributed by atoms with Crippen LogP contribution in [0, 0.1) is 0 Å². The van der Waals surface area contributed by atoms with Gasteiger partial charge in [-0.05, 0) is 28.1 Å². The number of nitrogens with zero attached hydrogens (tertiary/aromatic N) is 1. The average Bonchev–Trinajstić information content (AvgIpc) is 2.15. The first kappa shape index (κ1) is 11.1. The Morgan fingerprint density at radius 3 is 3.00 bits per heavy atom. The van der Waals surface area contributed by atoms with Crippen molar-refractivity contribution in [3.63, 3.8) is 0 Å². The SMILES string of the molecule is NC(=S)CNC(=O)c1ncccc1Br. The van der Waals surface area contributed by atoms with E-state index in [9.17, 15) is 4.79 Å². The minimum atomic E-state index is -0.301. The van der Waals surface area contributed by atoms with Crippen LogP contribution in [-0.2, 0) is 0 Å². The summed E-state index contributed by atoms with van der Waals surface area (Å²) in [6, 6.07) is 3.47. The molecule has 1 rings (SSSR count). The minimum absolute atomic E-state index is 0.178. The van der Waals surface area contributed by atoms with E-state index in [4.69, 9.17) is 5.73 Å². The van der Waals surface area contributed by atoms with Gasteiger partial charge in [0.25, 0.3) is 5.91 Å². The van der Waals surface area contributed by atoms with Gasteiger partial charge in [-0.2, -0.15) is 0 Å². The van der Waals surface area contributed by atoms with Crippen LogP contribution >= 0.6 is 28.1 Å². The number of hydrogen-bond donors (Lipinski definition) is 2. The van der Waals surface area contributed by atoms with Crippen LogP contribution in [0.1, 0.15) is 10.5 Å². The van der Waals surface area contributed by atoms with Gasteiger partial charge in [0.15, 0.2) is 0 Å². The summed E-state index contributed by atoms with van der Waals surface area (Å²) >= 11 is 7.84. The summed E-state index contributed by atoms with van der Waals surface area (Å²) in [4.78, 5) is 15.6. The van der Waals surface area contributed by atoms with Crippen molar-refractivity contribution in [1.82, 2.24) is 10.3 Å². The van der Waals surface area contributed by atoms with Gasteiger partial charge in [0.05, 0.1) is 11.5 Å². The number of pyridine rings is 1. The van der Waals surface area contributed by atoms with Crippen molar-refractivity contribution in [3.8, 4) is 0 Å². The van der Waals surface area contributed by atoms with E-state index in [-0.39, 0.29) is 17.4 Å². The van der Waals surface area contributed by atoms with E-state index >= 15 is 0 Å². The lowest BCUT2D eigenvalue weighted by molar-refractivity contribution is 0.0953. The Labute approximate surface area is 95.0 Å². The Kier molecular flexibility index (Phi) is 3.97. The summed E-state index contributed by atoms with van der Waals surface area (Å²) in [6.45, 7) is 0.178. The van der Waals surface area contributed by atoms with Crippen LogP contribution in [0.3, 0.4) is 0 Å². The zero-order valence-corrected chi connectivity index (χ0v) is 9.56. The number of amides is 1. The number of rotatable bonds is 3. The first-order valence-corrected chi connectivity index (χ1v) is 4.98. The van der Waals surface area contributed by atoms with Crippen molar-refractivity contribution >= 4 is 39.0 Å². The van der Waals surface area contributed by atoms with Crippen molar-refractivity contribution in [3.05, 3.63) is 28.5 Å². The zero-order chi connectivity index (χ0) is 10.6. The van der Waals surface area contributed by atoms with Crippen LogP contribution in [0.4, 0.5) is 0 Å². The lowest BCUT2D eigenvalue weighted by atomic mass is 10.3. The van der Waals surface area contributed by atoms with Gasteiger partial charge in [-0.15, -0.1) is 0 Å². The topological polar surface area (TPSA) is 68.0 Å². The number of nitrogens with two attached hydrogens (primary N) is 1. The van der Waals surface area contributed by atoms with Crippen LogP contribution in [0.2, 0.25) is 0 Å². The van der Waals surface area contributed by atoms with Crippen molar-refractivity contribution in [2.75, 3.05) is 6.54 Å². The molecule has 1 heterocycles. The second kappa shape index (κ2) is 5.02. The quantitative estimate of drug-likeness (QED) is 0.802. The summed E-state index contributed by atoms with van der Waals surface area (Å²) < 4.78 is 0.639. The van der Waals surface area contributed by atoms with E-state index in [0.717, 1.165) is 0 Å². The highest BCUT2D eigenvalue weighted by atomic mass is 79.9. The molecule has 0 saturated carbocycles. The number of carbonyl (C=O) groups excluding carboxylic acids is 1. The molecule has 1 aromatic rings. The van der Waals surface area contributed by atoms with Crippen LogP contribution in [0.25, 0.3) is 0 Å². The molecule has 0 spiro atoms. The van der Waals surface area contributed by atoms with Crippen molar-refractivity contribution in [2.45, 2.75) is 0 Å². The molecule has 6 heteroatoms. The molecule has 3 N–H and O–H groups in total. The number of halogens is 1. The van der Waals surface area contributed by atoms with Gasteiger partial charge in [-0.3, -0.25) is 4.79 Å². The molecule has 0 aliphatic carbocycles. The van der Waals surface area contributed by atoms with E-state index in [1.54, 1.807) is 18.3 Å². The summed E-state index contributed by atoms with van der Waals surface area (Å²) in [7, 11) is 0. The molecule has 0 bridgehead atoms. The van der Waals surface area contributed by atoms with Gasteiger partial charge in [0.2, 0.25) is 0 Å². The molecule has 0 aliphatic rings. The second-order valence-corrected chi connectivity index (χ2v) is 3.86. The van der Waals surface area contributed by atoms with E-state index in [1.165, 1.54) is 0 Å². The Balaban J connectivity index is 2.70. The normalized spacial score (nSPS) is 9.50. The molecular formula is C8H8BrN3OS. The molecule has 0 unspecified atom stereocenters. The van der Waals surface area contributed by atoms with E-state index in [0.29, 0.717) is 10.2 Å². The maximum atomic E-state index is 11.5. The van der Waals surface area contributed by atoms with Crippen LogP contribution in [-0.4, -0.2) is 22.4 Å². The highest BCUT2D eigenvalue weighted by Gasteiger charge is 2.09. The summed E-state index contributed by atoms with van der Waals surface area (Å²) in [5.41, 5.74) is 5.56. The van der Waals surface area contributed by atoms with Crippen LogP contribution in [0.15, 0.2) is 22.8 Å². The second-order valence-electron chi connectivity index (χ2n) is 2.48. The Morgan fingerprint density at radius 1 is 1.71 bits per heavy atom. The Morgan fingerprint density at radius 2 is 2.43 bits per heavy atom. The number of carbonyl (C=O) groups is 1. The summed E-state index contributed by atoms with van der Waals surface area (Å²) in [5.74, 6) is -0.301. The van der Waals surface area contributed by atoms with Crippen molar-refractivity contribution in [2.24, 2.45) is 5.73 Å². The van der Waals surface area contributed by atoms with Crippen molar-refractivity contribution in [1.29, 1.82) is 0 Å². The Bertz CT molecular complexity index is 369. The highest BCUT2D eigenvalue weighted by Crippen LogP contribution is 2.12. The number of thiocarbonyl (C=S) groups is 1. The van der Waals surface area contributed by atoms with Crippen LogP contribution < -0.4 is 11.1 Å². The molecule has 0 radical (unpaired) electrons.